The molecule has 0 bridgehead atoms. The summed E-state index contributed by atoms with van der Waals surface area (Å²) in [5, 5.41) is 10.5. The van der Waals surface area contributed by atoms with E-state index in [4.69, 9.17) is 0 Å². The van der Waals surface area contributed by atoms with Crippen molar-refractivity contribution >= 4 is 15.9 Å². The average Bonchev–Trinajstić information content (AvgIpc) is 2.42. The number of aliphatic hydroxyl groups is 1. The Morgan fingerprint density at radius 3 is 1.86 bits per heavy atom. The number of aliphatic hydroxyl groups excluding tert-OH is 1. The zero-order valence-electron chi connectivity index (χ0n) is 13.8. The predicted molar refractivity (Wildman–Crippen MR) is 94.5 cm³/mol. The lowest BCUT2D eigenvalue weighted by Gasteiger charge is -2.26. The summed E-state index contributed by atoms with van der Waals surface area (Å²) in [5.41, 5.74) is 0.997. The number of nitrogens with zero attached hydrogens (tertiary/aromatic N) is 1. The number of hydrogen-bond donors (Lipinski definition) is 1. The molecule has 1 aromatic carbocycles. The number of benzene rings is 1. The summed E-state index contributed by atoms with van der Waals surface area (Å²) >= 11 is 3.43. The first-order valence-electron chi connectivity index (χ1n) is 8.04. The van der Waals surface area contributed by atoms with Gasteiger partial charge in [0.15, 0.2) is 0 Å². The monoisotopic (exact) mass is 355 g/mol. The molecule has 0 fully saturated rings. The van der Waals surface area contributed by atoms with Gasteiger partial charge in [-0.1, -0.05) is 55.8 Å². The third-order valence-electron chi connectivity index (χ3n) is 3.73. The van der Waals surface area contributed by atoms with Crippen LogP contribution < -0.4 is 0 Å². The first kappa shape index (κ1) is 18.7. The molecule has 1 N–H and O–H groups in total. The second-order valence-electron chi connectivity index (χ2n) is 6.73. The molecular formula is C18H30BrNO. The molecule has 0 aliphatic carbocycles. The molecule has 0 aliphatic rings. The van der Waals surface area contributed by atoms with Gasteiger partial charge in [0, 0.05) is 11.0 Å². The summed E-state index contributed by atoms with van der Waals surface area (Å²) in [7, 11) is 0. The Labute approximate surface area is 138 Å². The molecule has 1 atom stereocenters. The SMILES string of the molecule is CC(C)CCN(CCC(C)C)CC(O)c1ccc(Br)cc1. The number of hydrogen-bond acceptors (Lipinski definition) is 2. The fourth-order valence-electron chi connectivity index (χ4n) is 2.21. The van der Waals surface area contributed by atoms with Gasteiger partial charge in [-0.05, 0) is 55.5 Å². The third kappa shape index (κ3) is 7.98. The maximum Gasteiger partial charge on any atom is 0.0916 e. The Bertz CT molecular complexity index is 377. The Morgan fingerprint density at radius 2 is 1.43 bits per heavy atom. The minimum absolute atomic E-state index is 0.405. The summed E-state index contributed by atoms with van der Waals surface area (Å²) < 4.78 is 1.05. The second-order valence-corrected chi connectivity index (χ2v) is 7.65. The van der Waals surface area contributed by atoms with Gasteiger partial charge in [0.1, 0.15) is 0 Å². The first-order chi connectivity index (χ1) is 9.88. The summed E-state index contributed by atoms with van der Waals surface area (Å²) in [4.78, 5) is 2.41. The smallest absolute Gasteiger partial charge is 0.0916 e. The largest absolute Gasteiger partial charge is 0.387 e. The van der Waals surface area contributed by atoms with Crippen molar-refractivity contribution in [2.45, 2.75) is 46.6 Å². The molecule has 0 saturated heterocycles. The number of rotatable bonds is 9. The van der Waals surface area contributed by atoms with E-state index in [1.807, 2.05) is 24.3 Å². The molecule has 0 aliphatic heterocycles. The van der Waals surface area contributed by atoms with E-state index in [0.717, 1.165) is 29.7 Å². The highest BCUT2D eigenvalue weighted by Gasteiger charge is 2.14. The van der Waals surface area contributed by atoms with E-state index in [0.29, 0.717) is 11.8 Å². The fourth-order valence-corrected chi connectivity index (χ4v) is 2.48. The van der Waals surface area contributed by atoms with Gasteiger partial charge >= 0.3 is 0 Å². The predicted octanol–water partition coefficient (Wildman–Crippen LogP) is 4.88. The van der Waals surface area contributed by atoms with E-state index >= 15 is 0 Å². The molecule has 0 saturated carbocycles. The molecule has 1 rings (SSSR count). The van der Waals surface area contributed by atoms with E-state index in [-0.39, 0.29) is 0 Å². The lowest BCUT2D eigenvalue weighted by atomic mass is 10.1. The standard InChI is InChI=1S/C18H30BrNO/c1-14(2)9-11-20(12-10-15(3)4)13-18(21)16-5-7-17(19)8-6-16/h5-8,14-15,18,21H,9-13H2,1-4H3. The normalized spacial score (nSPS) is 13.4. The Morgan fingerprint density at radius 1 is 0.952 bits per heavy atom. The molecule has 1 unspecified atom stereocenters. The zero-order valence-corrected chi connectivity index (χ0v) is 15.4. The Kier molecular flexibility index (Phi) is 8.53. The van der Waals surface area contributed by atoms with Gasteiger partial charge in [-0.3, -0.25) is 0 Å². The molecule has 120 valence electrons. The van der Waals surface area contributed by atoms with E-state index < -0.39 is 6.10 Å². The maximum absolute atomic E-state index is 10.5. The highest BCUT2D eigenvalue weighted by Crippen LogP contribution is 2.19. The van der Waals surface area contributed by atoms with Crippen molar-refractivity contribution in [3.05, 3.63) is 34.3 Å². The Hall–Kier alpha value is -0.380. The van der Waals surface area contributed by atoms with Crippen molar-refractivity contribution < 1.29 is 5.11 Å². The molecule has 3 heteroatoms. The molecule has 0 amide bonds. The second kappa shape index (κ2) is 9.60. The minimum Gasteiger partial charge on any atom is -0.387 e. The van der Waals surface area contributed by atoms with Crippen LogP contribution in [0.4, 0.5) is 0 Å². The van der Waals surface area contributed by atoms with Gasteiger partial charge in [-0.25, -0.2) is 0 Å². The minimum atomic E-state index is -0.405. The molecule has 21 heavy (non-hydrogen) atoms. The van der Waals surface area contributed by atoms with Gasteiger partial charge in [0.2, 0.25) is 0 Å². The van der Waals surface area contributed by atoms with E-state index in [9.17, 15) is 5.11 Å². The van der Waals surface area contributed by atoms with Crippen LogP contribution in [-0.2, 0) is 0 Å². The zero-order chi connectivity index (χ0) is 15.8. The molecule has 0 radical (unpaired) electrons. The van der Waals surface area contributed by atoms with Crippen molar-refractivity contribution in [2.24, 2.45) is 11.8 Å². The highest BCUT2D eigenvalue weighted by atomic mass is 79.9. The van der Waals surface area contributed by atoms with Gasteiger partial charge in [0.25, 0.3) is 0 Å². The Balaban J connectivity index is 2.58. The summed E-state index contributed by atoms with van der Waals surface area (Å²) in [6.45, 7) is 11.9. The fraction of sp³-hybridized carbons (Fsp3) is 0.667. The molecular weight excluding hydrogens is 326 g/mol. The van der Waals surface area contributed by atoms with Crippen molar-refractivity contribution in [3.8, 4) is 0 Å². The summed E-state index contributed by atoms with van der Waals surface area (Å²) in [6, 6.07) is 7.98. The quantitative estimate of drug-likeness (QED) is 0.682. The van der Waals surface area contributed by atoms with Crippen LogP contribution in [0.25, 0.3) is 0 Å². The van der Waals surface area contributed by atoms with Crippen LogP contribution in [0.5, 0.6) is 0 Å². The lowest BCUT2D eigenvalue weighted by molar-refractivity contribution is 0.107. The van der Waals surface area contributed by atoms with E-state index in [1.54, 1.807) is 0 Å². The first-order valence-corrected chi connectivity index (χ1v) is 8.83. The van der Waals surface area contributed by atoms with Crippen molar-refractivity contribution in [3.63, 3.8) is 0 Å². The van der Waals surface area contributed by atoms with Gasteiger partial charge < -0.3 is 10.0 Å². The molecule has 1 aromatic rings. The van der Waals surface area contributed by atoms with Crippen molar-refractivity contribution in [2.75, 3.05) is 19.6 Å². The van der Waals surface area contributed by atoms with Crippen molar-refractivity contribution in [1.29, 1.82) is 0 Å². The van der Waals surface area contributed by atoms with Crippen LogP contribution >= 0.6 is 15.9 Å². The molecule has 2 nitrogen and oxygen atoms in total. The molecule has 0 heterocycles. The van der Waals surface area contributed by atoms with Gasteiger partial charge in [-0.15, -0.1) is 0 Å². The molecule has 0 aromatic heterocycles. The van der Waals surface area contributed by atoms with E-state index in [2.05, 4.69) is 48.5 Å². The molecule has 0 spiro atoms. The topological polar surface area (TPSA) is 23.5 Å². The van der Waals surface area contributed by atoms with E-state index in [1.165, 1.54) is 12.8 Å². The maximum atomic E-state index is 10.5. The number of halogens is 1. The van der Waals surface area contributed by atoms with Crippen LogP contribution in [0.3, 0.4) is 0 Å². The van der Waals surface area contributed by atoms with Gasteiger partial charge in [-0.2, -0.15) is 0 Å². The van der Waals surface area contributed by atoms with Crippen LogP contribution in [0, 0.1) is 11.8 Å². The van der Waals surface area contributed by atoms with Gasteiger partial charge in [0.05, 0.1) is 6.10 Å². The lowest BCUT2D eigenvalue weighted by Crippen LogP contribution is -2.32. The van der Waals surface area contributed by atoms with Crippen molar-refractivity contribution in [1.82, 2.24) is 4.90 Å². The van der Waals surface area contributed by atoms with Crippen LogP contribution in [0.2, 0.25) is 0 Å². The third-order valence-corrected chi connectivity index (χ3v) is 4.26. The highest BCUT2D eigenvalue weighted by molar-refractivity contribution is 9.10. The average molecular weight is 356 g/mol. The van der Waals surface area contributed by atoms with Crippen LogP contribution in [0.1, 0.15) is 52.2 Å². The van der Waals surface area contributed by atoms with Crippen LogP contribution in [-0.4, -0.2) is 29.6 Å². The summed E-state index contributed by atoms with van der Waals surface area (Å²) in [6.07, 6.45) is 1.97. The van der Waals surface area contributed by atoms with Crippen LogP contribution in [0.15, 0.2) is 28.7 Å². The summed E-state index contributed by atoms with van der Waals surface area (Å²) in [5.74, 6) is 1.41.